The number of carbonyl (C=O) groups excluding carboxylic acids is 1. The summed E-state index contributed by atoms with van der Waals surface area (Å²) in [5.74, 6) is -0.393. The fraction of sp³-hybridized carbons (Fsp3) is 0.133. The van der Waals surface area contributed by atoms with E-state index >= 15 is 0 Å². The van der Waals surface area contributed by atoms with Gasteiger partial charge in [-0.1, -0.05) is 18.2 Å². The van der Waals surface area contributed by atoms with Gasteiger partial charge < -0.3 is 5.32 Å². The number of rotatable bonds is 3. The lowest BCUT2D eigenvalue weighted by molar-refractivity contribution is 0.102. The summed E-state index contributed by atoms with van der Waals surface area (Å²) < 4.78 is 13.5. The first-order valence-electron chi connectivity index (χ1n) is 5.82. The van der Waals surface area contributed by atoms with Crippen molar-refractivity contribution in [2.24, 2.45) is 0 Å². The van der Waals surface area contributed by atoms with E-state index in [1.165, 1.54) is 6.07 Å². The predicted molar refractivity (Wildman–Crippen MR) is 75.1 cm³/mol. The molecule has 2 aromatic carbocycles. The molecule has 0 spiro atoms. The molecule has 1 amide bonds. The highest BCUT2D eigenvalue weighted by atomic mass is 35.5. The SMILES string of the molecule is Cc1ccc(F)c(NC(=O)c2ccc(CCl)cc2)c1. The first-order valence-corrected chi connectivity index (χ1v) is 6.36. The van der Waals surface area contributed by atoms with Crippen LogP contribution in [0.25, 0.3) is 0 Å². The van der Waals surface area contributed by atoms with Gasteiger partial charge in [0.25, 0.3) is 5.91 Å². The maximum absolute atomic E-state index is 13.5. The zero-order valence-corrected chi connectivity index (χ0v) is 11.2. The van der Waals surface area contributed by atoms with E-state index in [4.69, 9.17) is 11.6 Å². The molecule has 2 rings (SSSR count). The number of halogens is 2. The molecule has 0 radical (unpaired) electrons. The van der Waals surface area contributed by atoms with Crippen LogP contribution in [0, 0.1) is 12.7 Å². The lowest BCUT2D eigenvalue weighted by atomic mass is 10.1. The van der Waals surface area contributed by atoms with Gasteiger partial charge in [-0.2, -0.15) is 0 Å². The third kappa shape index (κ3) is 3.32. The first-order chi connectivity index (χ1) is 9.10. The average Bonchev–Trinajstić information content (AvgIpc) is 2.43. The van der Waals surface area contributed by atoms with E-state index in [0.717, 1.165) is 11.1 Å². The predicted octanol–water partition coefficient (Wildman–Crippen LogP) is 4.13. The Labute approximate surface area is 116 Å². The molecule has 0 saturated carbocycles. The Bertz CT molecular complexity index is 596. The molecule has 0 aliphatic carbocycles. The van der Waals surface area contributed by atoms with E-state index in [0.29, 0.717) is 11.4 Å². The average molecular weight is 278 g/mol. The maximum atomic E-state index is 13.5. The van der Waals surface area contributed by atoms with E-state index in [2.05, 4.69) is 5.32 Å². The summed E-state index contributed by atoms with van der Waals surface area (Å²) in [5.41, 5.74) is 2.47. The van der Waals surface area contributed by atoms with Gasteiger partial charge in [0.2, 0.25) is 0 Å². The number of amides is 1. The Balaban J connectivity index is 2.18. The van der Waals surface area contributed by atoms with Gasteiger partial charge in [0, 0.05) is 11.4 Å². The Morgan fingerprint density at radius 2 is 1.89 bits per heavy atom. The van der Waals surface area contributed by atoms with Gasteiger partial charge in [-0.25, -0.2) is 4.39 Å². The molecule has 0 unspecified atom stereocenters. The topological polar surface area (TPSA) is 29.1 Å². The monoisotopic (exact) mass is 277 g/mol. The lowest BCUT2D eigenvalue weighted by Crippen LogP contribution is -2.13. The van der Waals surface area contributed by atoms with Crippen LogP contribution < -0.4 is 5.32 Å². The zero-order chi connectivity index (χ0) is 13.8. The second-order valence-electron chi connectivity index (χ2n) is 4.27. The van der Waals surface area contributed by atoms with Crippen molar-refractivity contribution in [3.8, 4) is 0 Å². The Morgan fingerprint density at radius 3 is 2.53 bits per heavy atom. The van der Waals surface area contributed by atoms with Crippen molar-refractivity contribution in [3.63, 3.8) is 0 Å². The molecule has 1 N–H and O–H groups in total. The molecule has 19 heavy (non-hydrogen) atoms. The number of aryl methyl sites for hydroxylation is 1. The van der Waals surface area contributed by atoms with Crippen LogP contribution in [0.15, 0.2) is 42.5 Å². The van der Waals surface area contributed by atoms with Crippen molar-refractivity contribution < 1.29 is 9.18 Å². The third-order valence-electron chi connectivity index (χ3n) is 2.74. The number of benzene rings is 2. The molecule has 0 aromatic heterocycles. The van der Waals surface area contributed by atoms with Crippen molar-refractivity contribution in [3.05, 3.63) is 65.0 Å². The molecule has 98 valence electrons. The molecule has 2 aromatic rings. The Morgan fingerprint density at radius 1 is 1.21 bits per heavy atom. The summed E-state index contributed by atoms with van der Waals surface area (Å²) in [6, 6.07) is 11.5. The summed E-state index contributed by atoms with van der Waals surface area (Å²) in [6.07, 6.45) is 0. The van der Waals surface area contributed by atoms with Gasteiger partial charge in [0.1, 0.15) is 5.82 Å². The van der Waals surface area contributed by atoms with E-state index in [9.17, 15) is 9.18 Å². The summed E-state index contributed by atoms with van der Waals surface area (Å²) in [6.45, 7) is 1.84. The van der Waals surface area contributed by atoms with Crippen LogP contribution in [-0.4, -0.2) is 5.91 Å². The highest BCUT2D eigenvalue weighted by Gasteiger charge is 2.09. The Kier molecular flexibility index (Phi) is 4.17. The van der Waals surface area contributed by atoms with Crippen LogP contribution in [0.2, 0.25) is 0 Å². The van der Waals surface area contributed by atoms with E-state index in [1.807, 2.05) is 6.92 Å². The zero-order valence-electron chi connectivity index (χ0n) is 10.4. The van der Waals surface area contributed by atoms with Gasteiger partial charge in [0.15, 0.2) is 0 Å². The van der Waals surface area contributed by atoms with E-state index in [1.54, 1.807) is 36.4 Å². The lowest BCUT2D eigenvalue weighted by Gasteiger charge is -2.07. The highest BCUT2D eigenvalue weighted by Crippen LogP contribution is 2.17. The number of hydrogen-bond donors (Lipinski definition) is 1. The van der Waals surface area contributed by atoms with Gasteiger partial charge in [-0.3, -0.25) is 4.79 Å². The number of carbonyl (C=O) groups is 1. The van der Waals surface area contributed by atoms with Gasteiger partial charge >= 0.3 is 0 Å². The number of anilines is 1. The second kappa shape index (κ2) is 5.85. The summed E-state index contributed by atoms with van der Waals surface area (Å²) >= 11 is 5.68. The van der Waals surface area contributed by atoms with Crippen LogP contribution >= 0.6 is 11.6 Å². The summed E-state index contributed by atoms with van der Waals surface area (Å²) in [4.78, 5) is 12.0. The molecule has 0 aliphatic heterocycles. The van der Waals surface area contributed by atoms with Crippen LogP contribution in [0.3, 0.4) is 0 Å². The maximum Gasteiger partial charge on any atom is 0.255 e. The van der Waals surface area contributed by atoms with Crippen molar-refractivity contribution >= 4 is 23.2 Å². The minimum atomic E-state index is -0.448. The number of hydrogen-bond acceptors (Lipinski definition) is 1. The molecular weight excluding hydrogens is 265 g/mol. The van der Waals surface area contributed by atoms with Crippen LogP contribution in [0.5, 0.6) is 0 Å². The standard InChI is InChI=1S/C15H13ClFNO/c1-10-2-7-13(17)14(8-10)18-15(19)12-5-3-11(9-16)4-6-12/h2-8H,9H2,1H3,(H,18,19). The van der Waals surface area contributed by atoms with E-state index in [-0.39, 0.29) is 11.6 Å². The molecule has 0 bridgehead atoms. The first kappa shape index (κ1) is 13.6. The largest absolute Gasteiger partial charge is 0.319 e. The third-order valence-corrected chi connectivity index (χ3v) is 3.05. The second-order valence-corrected chi connectivity index (χ2v) is 4.54. The molecule has 0 aliphatic rings. The molecular formula is C15H13ClFNO. The fourth-order valence-electron chi connectivity index (χ4n) is 1.67. The van der Waals surface area contributed by atoms with Gasteiger partial charge in [-0.05, 0) is 42.3 Å². The van der Waals surface area contributed by atoms with Gasteiger partial charge in [0.05, 0.1) is 5.69 Å². The molecule has 0 heterocycles. The fourth-order valence-corrected chi connectivity index (χ4v) is 1.85. The smallest absolute Gasteiger partial charge is 0.255 e. The van der Waals surface area contributed by atoms with Crippen LogP contribution in [0.4, 0.5) is 10.1 Å². The minimum Gasteiger partial charge on any atom is -0.319 e. The van der Waals surface area contributed by atoms with Crippen LogP contribution in [0.1, 0.15) is 21.5 Å². The summed E-state index contributed by atoms with van der Waals surface area (Å²) in [5, 5.41) is 2.56. The molecule has 2 nitrogen and oxygen atoms in total. The molecule has 0 atom stereocenters. The summed E-state index contributed by atoms with van der Waals surface area (Å²) in [7, 11) is 0. The minimum absolute atomic E-state index is 0.186. The highest BCUT2D eigenvalue weighted by molar-refractivity contribution is 6.17. The number of alkyl halides is 1. The van der Waals surface area contributed by atoms with Gasteiger partial charge in [-0.15, -0.1) is 11.6 Å². The quantitative estimate of drug-likeness (QED) is 0.840. The van der Waals surface area contributed by atoms with Crippen molar-refractivity contribution in [1.29, 1.82) is 0 Å². The van der Waals surface area contributed by atoms with Crippen LogP contribution in [-0.2, 0) is 5.88 Å². The Hall–Kier alpha value is -1.87. The number of nitrogens with one attached hydrogen (secondary N) is 1. The molecule has 0 fully saturated rings. The van der Waals surface area contributed by atoms with Crippen molar-refractivity contribution in [2.75, 3.05) is 5.32 Å². The molecule has 4 heteroatoms. The van der Waals surface area contributed by atoms with Crippen molar-refractivity contribution in [2.45, 2.75) is 12.8 Å². The van der Waals surface area contributed by atoms with E-state index < -0.39 is 5.82 Å². The van der Waals surface area contributed by atoms with Crippen molar-refractivity contribution in [1.82, 2.24) is 0 Å². The normalized spacial score (nSPS) is 10.3. The molecule has 0 saturated heterocycles.